The fourth-order valence-electron chi connectivity index (χ4n) is 3.55. The van der Waals surface area contributed by atoms with E-state index in [1.54, 1.807) is 49.8 Å². The Morgan fingerprint density at radius 3 is 2.68 bits per heavy atom. The first-order chi connectivity index (χ1) is 17.8. The van der Waals surface area contributed by atoms with Gasteiger partial charge in [0, 0.05) is 56.0 Å². The standard InChI is InChI=1S/C27H31N5O4Si/c1-6-23(33)30-20-8-7-9-21(14-20)36-25-16-29-27-26(31-25)22(19-10-11-24(34-2)28-15-19)17-32(27)18-35-12-13-37(3,4)5/h6-11,14-17H,1,12-13,18H2,2-5H3,(H,30,33). The topological polar surface area (TPSA) is 100 Å². The zero-order chi connectivity index (χ0) is 26.4. The van der Waals surface area contributed by atoms with Gasteiger partial charge in [-0.05, 0) is 30.3 Å². The number of hydrogen-bond donors (Lipinski definition) is 1. The summed E-state index contributed by atoms with van der Waals surface area (Å²) in [5.74, 6) is 1.06. The van der Waals surface area contributed by atoms with E-state index in [4.69, 9.17) is 19.2 Å². The minimum Gasteiger partial charge on any atom is -0.481 e. The van der Waals surface area contributed by atoms with Crippen LogP contribution in [0.3, 0.4) is 0 Å². The molecule has 0 saturated heterocycles. The number of rotatable bonds is 11. The largest absolute Gasteiger partial charge is 0.481 e. The van der Waals surface area contributed by atoms with Crippen LogP contribution in [0.4, 0.5) is 5.69 Å². The monoisotopic (exact) mass is 517 g/mol. The number of pyridine rings is 1. The van der Waals surface area contributed by atoms with Gasteiger partial charge >= 0.3 is 0 Å². The second-order valence-electron chi connectivity index (χ2n) is 9.65. The van der Waals surface area contributed by atoms with Crippen LogP contribution in [0.1, 0.15) is 0 Å². The fourth-order valence-corrected chi connectivity index (χ4v) is 4.30. The lowest BCUT2D eigenvalue weighted by Crippen LogP contribution is -2.22. The molecule has 0 spiro atoms. The number of nitrogens with one attached hydrogen (secondary N) is 1. The third kappa shape index (κ3) is 6.81. The second kappa shape index (κ2) is 11.4. The maximum Gasteiger partial charge on any atom is 0.247 e. The molecule has 10 heteroatoms. The summed E-state index contributed by atoms with van der Waals surface area (Å²) in [4.78, 5) is 25.4. The lowest BCUT2D eigenvalue weighted by atomic mass is 10.1. The van der Waals surface area contributed by atoms with Crippen molar-refractivity contribution in [1.29, 1.82) is 0 Å². The van der Waals surface area contributed by atoms with Crippen molar-refractivity contribution < 1.29 is 19.0 Å². The summed E-state index contributed by atoms with van der Waals surface area (Å²) in [6, 6.07) is 11.8. The number of methoxy groups -OCH3 is 1. The van der Waals surface area contributed by atoms with Gasteiger partial charge < -0.3 is 24.1 Å². The first kappa shape index (κ1) is 26.1. The Balaban J connectivity index is 1.64. The van der Waals surface area contributed by atoms with Crippen LogP contribution in [-0.4, -0.2) is 47.2 Å². The number of amides is 1. The molecule has 0 radical (unpaired) electrons. The molecule has 3 heterocycles. The van der Waals surface area contributed by atoms with E-state index in [-0.39, 0.29) is 5.91 Å². The van der Waals surface area contributed by atoms with Gasteiger partial charge in [0.15, 0.2) is 5.65 Å². The highest BCUT2D eigenvalue weighted by Crippen LogP contribution is 2.31. The van der Waals surface area contributed by atoms with Crippen molar-refractivity contribution in [1.82, 2.24) is 19.5 Å². The third-order valence-corrected chi connectivity index (χ3v) is 7.24. The number of hydrogen-bond acceptors (Lipinski definition) is 7. The summed E-state index contributed by atoms with van der Waals surface area (Å²) in [5, 5.41) is 2.72. The predicted octanol–water partition coefficient (Wildman–Crippen LogP) is 5.73. The Kier molecular flexibility index (Phi) is 8.00. The van der Waals surface area contributed by atoms with E-state index in [9.17, 15) is 4.79 Å². The molecule has 4 aromatic rings. The van der Waals surface area contributed by atoms with E-state index in [0.717, 1.165) is 17.2 Å². The SMILES string of the molecule is C=CC(=O)Nc1cccc(Oc2cnc3c(n2)c(-c2ccc(OC)nc2)cn3COCC[Si](C)(C)C)c1. The van der Waals surface area contributed by atoms with Gasteiger partial charge in [0.25, 0.3) is 0 Å². The molecular weight excluding hydrogens is 486 g/mol. The van der Waals surface area contributed by atoms with Gasteiger partial charge in [0.2, 0.25) is 17.7 Å². The number of anilines is 1. The maximum absolute atomic E-state index is 11.6. The molecule has 1 aromatic carbocycles. The van der Waals surface area contributed by atoms with Gasteiger partial charge in [-0.1, -0.05) is 32.3 Å². The first-order valence-corrected chi connectivity index (χ1v) is 15.6. The van der Waals surface area contributed by atoms with Crippen LogP contribution in [-0.2, 0) is 16.3 Å². The lowest BCUT2D eigenvalue weighted by molar-refractivity contribution is -0.111. The Labute approximate surface area is 217 Å². The van der Waals surface area contributed by atoms with Crippen LogP contribution in [0.2, 0.25) is 25.7 Å². The Morgan fingerprint density at radius 1 is 1.14 bits per heavy atom. The highest BCUT2D eigenvalue weighted by molar-refractivity contribution is 6.76. The van der Waals surface area contributed by atoms with Gasteiger partial charge in [-0.25, -0.2) is 15.0 Å². The van der Waals surface area contributed by atoms with Crippen molar-refractivity contribution in [2.45, 2.75) is 32.4 Å². The van der Waals surface area contributed by atoms with E-state index >= 15 is 0 Å². The van der Waals surface area contributed by atoms with Crippen LogP contribution in [0.25, 0.3) is 22.3 Å². The predicted molar refractivity (Wildman–Crippen MR) is 147 cm³/mol. The van der Waals surface area contributed by atoms with Crippen LogP contribution >= 0.6 is 0 Å². The number of carbonyl (C=O) groups is 1. The van der Waals surface area contributed by atoms with Gasteiger partial charge in [0.1, 0.15) is 18.0 Å². The molecule has 9 nitrogen and oxygen atoms in total. The summed E-state index contributed by atoms with van der Waals surface area (Å²) >= 11 is 0. The number of ether oxygens (including phenoxy) is 3. The number of aromatic nitrogens is 4. The van der Waals surface area contributed by atoms with E-state index in [0.29, 0.717) is 47.7 Å². The molecular formula is C27H31N5O4Si. The molecule has 0 fully saturated rings. The summed E-state index contributed by atoms with van der Waals surface area (Å²) in [6.07, 6.45) is 6.50. The molecule has 1 amide bonds. The maximum atomic E-state index is 11.6. The molecule has 0 aliphatic rings. The molecule has 0 unspecified atom stereocenters. The van der Waals surface area contributed by atoms with Crippen LogP contribution in [0.5, 0.6) is 17.5 Å². The fraction of sp³-hybridized carbons (Fsp3) is 0.259. The zero-order valence-corrected chi connectivity index (χ0v) is 22.5. The average molecular weight is 518 g/mol. The van der Waals surface area contributed by atoms with Crippen LogP contribution in [0.15, 0.2) is 67.6 Å². The molecule has 4 rings (SSSR count). The molecule has 37 heavy (non-hydrogen) atoms. The Bertz CT molecular complexity index is 1400. The molecule has 0 atom stereocenters. The molecule has 1 N–H and O–H groups in total. The minimum absolute atomic E-state index is 0.301. The summed E-state index contributed by atoms with van der Waals surface area (Å²) < 4.78 is 19.1. The summed E-state index contributed by atoms with van der Waals surface area (Å²) in [5.41, 5.74) is 3.65. The van der Waals surface area contributed by atoms with E-state index in [2.05, 4.69) is 41.5 Å². The van der Waals surface area contributed by atoms with E-state index < -0.39 is 8.07 Å². The Hall–Kier alpha value is -4.02. The normalized spacial score (nSPS) is 11.4. The molecule has 192 valence electrons. The molecule has 0 saturated carbocycles. The van der Waals surface area contributed by atoms with Gasteiger partial charge in [0.05, 0.1) is 13.3 Å². The number of carbonyl (C=O) groups excluding carboxylic acids is 1. The quantitative estimate of drug-likeness (QED) is 0.154. The minimum atomic E-state index is -1.19. The summed E-state index contributed by atoms with van der Waals surface area (Å²) in [6.45, 7) is 11.5. The average Bonchev–Trinajstić information content (AvgIpc) is 3.24. The van der Waals surface area contributed by atoms with E-state index in [1.165, 1.54) is 6.08 Å². The molecule has 3 aromatic heterocycles. The Morgan fingerprint density at radius 2 is 1.97 bits per heavy atom. The summed E-state index contributed by atoms with van der Waals surface area (Å²) in [7, 11) is 0.389. The number of fused-ring (bicyclic) bond motifs is 1. The second-order valence-corrected chi connectivity index (χ2v) is 15.3. The van der Waals surface area contributed by atoms with Crippen LogP contribution in [0, 0.1) is 0 Å². The van der Waals surface area contributed by atoms with Crippen molar-refractivity contribution in [3.63, 3.8) is 0 Å². The first-order valence-electron chi connectivity index (χ1n) is 11.9. The van der Waals surface area contributed by atoms with Gasteiger partial charge in [-0.15, -0.1) is 0 Å². The molecule has 0 bridgehead atoms. The van der Waals surface area contributed by atoms with Crippen molar-refractivity contribution in [2.75, 3.05) is 19.0 Å². The van der Waals surface area contributed by atoms with Crippen molar-refractivity contribution >= 4 is 30.8 Å². The number of nitrogens with zero attached hydrogens (tertiary/aromatic N) is 4. The number of benzene rings is 1. The van der Waals surface area contributed by atoms with Crippen molar-refractivity contribution in [3.8, 4) is 28.6 Å². The van der Waals surface area contributed by atoms with Gasteiger partial charge in [-0.3, -0.25) is 4.79 Å². The van der Waals surface area contributed by atoms with E-state index in [1.807, 2.05) is 16.8 Å². The van der Waals surface area contributed by atoms with Crippen molar-refractivity contribution in [2.24, 2.45) is 0 Å². The molecule has 0 aliphatic carbocycles. The van der Waals surface area contributed by atoms with Gasteiger partial charge in [-0.2, -0.15) is 0 Å². The molecule has 0 aliphatic heterocycles. The van der Waals surface area contributed by atoms with Crippen LogP contribution < -0.4 is 14.8 Å². The highest BCUT2D eigenvalue weighted by atomic mass is 28.3. The lowest BCUT2D eigenvalue weighted by Gasteiger charge is -2.15. The third-order valence-electron chi connectivity index (χ3n) is 5.54. The smallest absolute Gasteiger partial charge is 0.247 e. The zero-order valence-electron chi connectivity index (χ0n) is 21.5. The van der Waals surface area contributed by atoms with Crippen molar-refractivity contribution in [3.05, 3.63) is 67.6 Å². The highest BCUT2D eigenvalue weighted by Gasteiger charge is 2.17.